The molecule has 3 nitrogen and oxygen atoms in total. The van der Waals surface area contributed by atoms with Crippen LogP contribution in [0.1, 0.15) is 17.0 Å². The van der Waals surface area contributed by atoms with Gasteiger partial charge >= 0.3 is 12.1 Å². The minimum absolute atomic E-state index is 0.157. The number of hydrogen-bond donors (Lipinski definition) is 2. The third kappa shape index (κ3) is 2.27. The monoisotopic (exact) mass is 207 g/mol. The molecule has 1 rings (SSSR count). The molecule has 0 aromatic carbocycles. The molecule has 0 atom stereocenters. The average molecular weight is 207 g/mol. The number of carbonyl (C=O) groups is 1. The number of carboxylic acid groups (broad SMARTS) is 1. The quantitative estimate of drug-likeness (QED) is 0.778. The minimum atomic E-state index is -4.46. The highest BCUT2D eigenvalue weighted by Gasteiger charge is 2.33. The van der Waals surface area contributed by atoms with Gasteiger partial charge in [-0.2, -0.15) is 13.2 Å². The molecule has 78 valence electrons. The van der Waals surface area contributed by atoms with Crippen molar-refractivity contribution in [1.29, 1.82) is 0 Å². The van der Waals surface area contributed by atoms with E-state index in [1.165, 1.54) is 6.92 Å². The summed E-state index contributed by atoms with van der Waals surface area (Å²) in [5.74, 6) is -1.15. The first-order valence-electron chi connectivity index (χ1n) is 3.78. The Bertz CT molecular complexity index is 354. The number of aliphatic carboxylic acids is 1. The van der Waals surface area contributed by atoms with E-state index < -0.39 is 24.3 Å². The number of H-pyrrole nitrogens is 1. The third-order valence-electron chi connectivity index (χ3n) is 1.77. The molecule has 0 aliphatic rings. The number of aromatic nitrogens is 1. The summed E-state index contributed by atoms with van der Waals surface area (Å²) in [6, 6.07) is 0.823. The number of aromatic amines is 1. The summed E-state index contributed by atoms with van der Waals surface area (Å²) in [7, 11) is 0. The van der Waals surface area contributed by atoms with Crippen molar-refractivity contribution in [1.82, 2.24) is 4.98 Å². The van der Waals surface area contributed by atoms with Crippen LogP contribution in [0.15, 0.2) is 6.07 Å². The smallest absolute Gasteiger partial charge is 0.431 e. The summed E-state index contributed by atoms with van der Waals surface area (Å²) in [4.78, 5) is 12.4. The van der Waals surface area contributed by atoms with E-state index in [1.54, 1.807) is 0 Å². The maximum absolute atomic E-state index is 12.1. The lowest BCUT2D eigenvalue weighted by molar-refractivity contribution is -0.141. The largest absolute Gasteiger partial charge is 0.481 e. The molecule has 1 heterocycles. The van der Waals surface area contributed by atoms with Crippen LogP contribution in [0.5, 0.6) is 0 Å². The lowest BCUT2D eigenvalue weighted by atomic mass is 10.2. The Morgan fingerprint density at radius 2 is 2.14 bits per heavy atom. The molecule has 1 aromatic rings. The van der Waals surface area contributed by atoms with Gasteiger partial charge in [0.15, 0.2) is 0 Å². The molecule has 0 saturated heterocycles. The zero-order valence-corrected chi connectivity index (χ0v) is 7.27. The highest BCUT2D eigenvalue weighted by Crippen LogP contribution is 2.29. The van der Waals surface area contributed by atoms with Gasteiger partial charge in [0.25, 0.3) is 0 Å². The maximum Gasteiger partial charge on any atom is 0.431 e. The van der Waals surface area contributed by atoms with Crippen molar-refractivity contribution in [2.24, 2.45) is 0 Å². The zero-order valence-electron chi connectivity index (χ0n) is 7.27. The molecular formula is C8H8F3NO2. The molecule has 1 aromatic heterocycles. The number of alkyl halides is 3. The number of rotatable bonds is 2. The van der Waals surface area contributed by atoms with E-state index >= 15 is 0 Å². The molecule has 0 radical (unpaired) electrons. The van der Waals surface area contributed by atoms with Gasteiger partial charge < -0.3 is 10.1 Å². The number of hydrogen-bond acceptors (Lipinski definition) is 1. The van der Waals surface area contributed by atoms with Gasteiger partial charge in [-0.05, 0) is 18.6 Å². The lowest BCUT2D eigenvalue weighted by Gasteiger charge is -2.01. The highest BCUT2D eigenvalue weighted by atomic mass is 19.4. The lowest BCUT2D eigenvalue weighted by Crippen LogP contribution is -2.04. The predicted molar refractivity (Wildman–Crippen MR) is 41.9 cm³/mol. The van der Waals surface area contributed by atoms with E-state index in [1.807, 2.05) is 0 Å². The van der Waals surface area contributed by atoms with Gasteiger partial charge in [-0.15, -0.1) is 0 Å². The van der Waals surface area contributed by atoms with Crippen LogP contribution in [-0.4, -0.2) is 16.1 Å². The molecule has 14 heavy (non-hydrogen) atoms. The third-order valence-corrected chi connectivity index (χ3v) is 1.77. The average Bonchev–Trinajstić information content (AvgIpc) is 2.30. The van der Waals surface area contributed by atoms with Gasteiger partial charge in [-0.25, -0.2) is 0 Å². The van der Waals surface area contributed by atoms with E-state index in [-0.39, 0.29) is 11.3 Å². The van der Waals surface area contributed by atoms with Crippen LogP contribution in [0.2, 0.25) is 0 Å². The molecule has 0 spiro atoms. The van der Waals surface area contributed by atoms with Crippen molar-refractivity contribution < 1.29 is 23.1 Å². The molecule has 0 bridgehead atoms. The van der Waals surface area contributed by atoms with E-state index in [4.69, 9.17) is 5.11 Å². The van der Waals surface area contributed by atoms with Crippen molar-refractivity contribution in [3.63, 3.8) is 0 Å². The Hall–Kier alpha value is -1.46. The van der Waals surface area contributed by atoms with Crippen molar-refractivity contribution in [2.75, 3.05) is 0 Å². The summed E-state index contributed by atoms with van der Waals surface area (Å²) < 4.78 is 36.4. The molecule has 0 fully saturated rings. The Morgan fingerprint density at radius 3 is 2.50 bits per heavy atom. The van der Waals surface area contributed by atoms with Crippen LogP contribution in [0.3, 0.4) is 0 Å². The van der Waals surface area contributed by atoms with Crippen molar-refractivity contribution in [3.05, 3.63) is 23.0 Å². The summed E-state index contributed by atoms with van der Waals surface area (Å²) in [6.45, 7) is 1.41. The molecule has 6 heteroatoms. The summed E-state index contributed by atoms with van der Waals surface area (Å²) in [6.07, 6.45) is -4.86. The molecule has 0 amide bonds. The first kappa shape index (κ1) is 10.6. The van der Waals surface area contributed by atoms with Gasteiger partial charge in [0.1, 0.15) is 5.69 Å². The predicted octanol–water partition coefficient (Wildman–Crippen LogP) is 1.97. The Kier molecular flexibility index (Phi) is 2.55. The SMILES string of the molecule is Cc1[nH]c(C(F)(F)F)cc1CC(=O)O. The van der Waals surface area contributed by atoms with E-state index in [0.29, 0.717) is 0 Å². The molecule has 2 N–H and O–H groups in total. The number of halogens is 3. The second kappa shape index (κ2) is 3.36. The van der Waals surface area contributed by atoms with E-state index in [2.05, 4.69) is 4.98 Å². The second-order valence-corrected chi connectivity index (χ2v) is 2.90. The fourth-order valence-corrected chi connectivity index (χ4v) is 1.10. The normalized spacial score (nSPS) is 11.7. The maximum atomic E-state index is 12.1. The molecule has 0 aliphatic carbocycles. The first-order valence-corrected chi connectivity index (χ1v) is 3.78. The van der Waals surface area contributed by atoms with Crippen molar-refractivity contribution in [2.45, 2.75) is 19.5 Å². The Morgan fingerprint density at radius 1 is 1.57 bits per heavy atom. The standard InChI is InChI=1S/C8H8F3NO2/c1-4-5(3-7(13)14)2-6(12-4)8(9,10)11/h2,12H,3H2,1H3,(H,13,14). The highest BCUT2D eigenvalue weighted by molar-refractivity contribution is 5.70. The van der Waals surface area contributed by atoms with E-state index in [0.717, 1.165) is 6.07 Å². The Balaban J connectivity index is 2.99. The van der Waals surface area contributed by atoms with Gasteiger partial charge in [-0.1, -0.05) is 0 Å². The van der Waals surface area contributed by atoms with Gasteiger partial charge in [0.05, 0.1) is 6.42 Å². The molecule has 0 saturated carbocycles. The summed E-state index contributed by atoms with van der Waals surface area (Å²) in [5.41, 5.74) is -0.518. The summed E-state index contributed by atoms with van der Waals surface area (Å²) in [5, 5.41) is 8.41. The fraction of sp³-hybridized carbons (Fsp3) is 0.375. The van der Waals surface area contributed by atoms with Gasteiger partial charge in [-0.3, -0.25) is 4.79 Å². The second-order valence-electron chi connectivity index (χ2n) is 2.90. The van der Waals surface area contributed by atoms with Crippen LogP contribution >= 0.6 is 0 Å². The number of carboxylic acids is 1. The first-order chi connectivity index (χ1) is 6.30. The number of nitrogens with one attached hydrogen (secondary N) is 1. The fourth-order valence-electron chi connectivity index (χ4n) is 1.10. The molecule has 0 aliphatic heterocycles. The van der Waals surface area contributed by atoms with Crippen molar-refractivity contribution >= 4 is 5.97 Å². The molecular weight excluding hydrogens is 199 g/mol. The zero-order chi connectivity index (χ0) is 10.9. The van der Waals surface area contributed by atoms with Crippen LogP contribution in [0, 0.1) is 6.92 Å². The minimum Gasteiger partial charge on any atom is -0.481 e. The van der Waals surface area contributed by atoms with Gasteiger partial charge in [0.2, 0.25) is 0 Å². The topological polar surface area (TPSA) is 53.1 Å². The van der Waals surface area contributed by atoms with E-state index in [9.17, 15) is 18.0 Å². The van der Waals surface area contributed by atoms with Gasteiger partial charge in [0, 0.05) is 5.69 Å². The van der Waals surface area contributed by atoms with Crippen LogP contribution in [0.4, 0.5) is 13.2 Å². The summed E-state index contributed by atoms with van der Waals surface area (Å²) >= 11 is 0. The molecule has 0 unspecified atom stereocenters. The van der Waals surface area contributed by atoms with Crippen LogP contribution in [-0.2, 0) is 17.4 Å². The number of aryl methyl sites for hydroxylation is 1. The van der Waals surface area contributed by atoms with Crippen LogP contribution in [0.25, 0.3) is 0 Å². The van der Waals surface area contributed by atoms with Crippen molar-refractivity contribution in [3.8, 4) is 0 Å². The Labute approximate surface area is 77.6 Å². The van der Waals surface area contributed by atoms with Crippen LogP contribution < -0.4 is 0 Å².